The number of para-hydroxylation sites is 2. The second-order valence-electron chi connectivity index (χ2n) is 3.61. The molecule has 5 nitrogen and oxygen atoms in total. The van der Waals surface area contributed by atoms with Gasteiger partial charge >= 0.3 is 6.18 Å². The first-order chi connectivity index (χ1) is 8.54. The average Bonchev–Trinajstić information content (AvgIpc) is 2.94. The molecule has 18 heavy (non-hydrogen) atoms. The topological polar surface area (TPSA) is 70.2 Å². The highest BCUT2D eigenvalue weighted by molar-refractivity contribution is 5.77. The van der Waals surface area contributed by atoms with Crippen LogP contribution in [0.5, 0.6) is 0 Å². The predicted octanol–water partition coefficient (Wildman–Crippen LogP) is 2.37. The maximum absolute atomic E-state index is 12.3. The Bertz CT molecular complexity index is 664. The zero-order chi connectivity index (χ0) is 12.8. The highest BCUT2D eigenvalue weighted by Crippen LogP contribution is 2.27. The summed E-state index contributed by atoms with van der Waals surface area (Å²) in [5, 5.41) is 5.33. The van der Waals surface area contributed by atoms with Crippen molar-refractivity contribution in [1.82, 2.24) is 25.1 Å². The molecule has 0 aliphatic heterocycles. The first-order valence-corrected chi connectivity index (χ1v) is 4.99. The molecule has 0 saturated carbocycles. The molecule has 0 aliphatic rings. The Morgan fingerprint density at radius 1 is 1.00 bits per heavy atom. The van der Waals surface area contributed by atoms with Gasteiger partial charge in [0.15, 0.2) is 11.6 Å². The number of H-pyrrole nitrogens is 2. The van der Waals surface area contributed by atoms with Gasteiger partial charge < -0.3 is 4.98 Å². The zero-order valence-electron chi connectivity index (χ0n) is 8.78. The summed E-state index contributed by atoms with van der Waals surface area (Å²) in [5.74, 6) is -1.03. The minimum Gasteiger partial charge on any atom is -0.335 e. The van der Waals surface area contributed by atoms with E-state index < -0.39 is 12.0 Å². The van der Waals surface area contributed by atoms with Crippen molar-refractivity contribution < 1.29 is 13.2 Å². The van der Waals surface area contributed by atoms with Gasteiger partial charge in [0.25, 0.3) is 5.82 Å². The van der Waals surface area contributed by atoms with Gasteiger partial charge in [-0.3, -0.25) is 5.10 Å². The van der Waals surface area contributed by atoms with Crippen molar-refractivity contribution in [3.8, 4) is 11.6 Å². The number of aromatic nitrogens is 5. The second-order valence-corrected chi connectivity index (χ2v) is 3.61. The number of halogens is 3. The van der Waals surface area contributed by atoms with E-state index in [9.17, 15) is 13.2 Å². The number of hydrogen-bond donors (Lipinski definition) is 2. The quantitative estimate of drug-likeness (QED) is 0.699. The highest BCUT2D eigenvalue weighted by atomic mass is 19.4. The van der Waals surface area contributed by atoms with Crippen molar-refractivity contribution >= 4 is 11.0 Å². The van der Waals surface area contributed by atoms with E-state index in [4.69, 9.17) is 0 Å². The average molecular weight is 253 g/mol. The van der Waals surface area contributed by atoms with Crippen LogP contribution in [0.2, 0.25) is 0 Å². The highest BCUT2D eigenvalue weighted by Gasteiger charge is 2.36. The largest absolute Gasteiger partial charge is 0.453 e. The smallest absolute Gasteiger partial charge is 0.335 e. The second kappa shape index (κ2) is 3.56. The van der Waals surface area contributed by atoms with Crippen molar-refractivity contribution in [1.29, 1.82) is 0 Å². The summed E-state index contributed by atoms with van der Waals surface area (Å²) in [6, 6.07) is 7.10. The van der Waals surface area contributed by atoms with Crippen LogP contribution in [0.3, 0.4) is 0 Å². The van der Waals surface area contributed by atoms with E-state index in [-0.39, 0.29) is 11.6 Å². The van der Waals surface area contributed by atoms with Gasteiger partial charge in [-0.15, -0.1) is 5.10 Å². The number of hydrogen-bond acceptors (Lipinski definition) is 3. The molecule has 0 saturated heterocycles. The van der Waals surface area contributed by atoms with Crippen LogP contribution < -0.4 is 0 Å². The maximum atomic E-state index is 12.3. The van der Waals surface area contributed by atoms with Crippen LogP contribution in [-0.2, 0) is 6.18 Å². The lowest BCUT2D eigenvalue weighted by Crippen LogP contribution is -2.07. The Kier molecular flexibility index (Phi) is 2.12. The number of aromatic amines is 2. The first kappa shape index (κ1) is 10.8. The van der Waals surface area contributed by atoms with Gasteiger partial charge in [-0.1, -0.05) is 12.1 Å². The van der Waals surface area contributed by atoms with Gasteiger partial charge in [-0.2, -0.15) is 13.2 Å². The van der Waals surface area contributed by atoms with E-state index in [2.05, 4.69) is 25.1 Å². The Hall–Kier alpha value is -2.38. The zero-order valence-corrected chi connectivity index (χ0v) is 8.78. The number of nitrogens with one attached hydrogen (secondary N) is 2. The van der Waals surface area contributed by atoms with E-state index in [1.807, 2.05) is 0 Å². The summed E-state index contributed by atoms with van der Waals surface area (Å²) >= 11 is 0. The van der Waals surface area contributed by atoms with E-state index in [0.29, 0.717) is 5.52 Å². The summed E-state index contributed by atoms with van der Waals surface area (Å²) in [5.41, 5.74) is 1.37. The fraction of sp³-hybridized carbons (Fsp3) is 0.100. The molecule has 2 N–H and O–H groups in total. The molecular formula is C10H6F3N5. The van der Waals surface area contributed by atoms with Crippen LogP contribution in [0, 0.1) is 0 Å². The van der Waals surface area contributed by atoms with Crippen molar-refractivity contribution in [2.24, 2.45) is 0 Å². The van der Waals surface area contributed by atoms with E-state index in [1.165, 1.54) is 0 Å². The van der Waals surface area contributed by atoms with Crippen LogP contribution in [0.1, 0.15) is 5.82 Å². The number of imidazole rings is 1. The minimum atomic E-state index is -4.57. The summed E-state index contributed by atoms with van der Waals surface area (Å²) in [7, 11) is 0. The van der Waals surface area contributed by atoms with Gasteiger partial charge in [0.05, 0.1) is 11.0 Å². The van der Waals surface area contributed by atoms with Crippen molar-refractivity contribution in [3.05, 3.63) is 30.1 Å². The first-order valence-electron chi connectivity index (χ1n) is 4.99. The van der Waals surface area contributed by atoms with Crippen LogP contribution >= 0.6 is 0 Å². The molecule has 3 aromatic rings. The fourth-order valence-corrected chi connectivity index (χ4v) is 1.56. The van der Waals surface area contributed by atoms with Crippen molar-refractivity contribution in [2.75, 3.05) is 0 Å². The van der Waals surface area contributed by atoms with Crippen LogP contribution in [0.4, 0.5) is 13.2 Å². The van der Waals surface area contributed by atoms with Crippen LogP contribution in [0.25, 0.3) is 22.7 Å². The molecule has 3 rings (SSSR count). The normalized spacial score (nSPS) is 12.2. The van der Waals surface area contributed by atoms with Crippen molar-refractivity contribution in [3.63, 3.8) is 0 Å². The fourth-order valence-electron chi connectivity index (χ4n) is 1.56. The third-order valence-corrected chi connectivity index (χ3v) is 2.35. The van der Waals surface area contributed by atoms with Gasteiger partial charge in [-0.25, -0.2) is 9.97 Å². The number of alkyl halides is 3. The molecule has 0 bridgehead atoms. The molecule has 0 unspecified atom stereocenters. The molecule has 0 spiro atoms. The minimum absolute atomic E-state index is 0.0430. The molecule has 0 aliphatic carbocycles. The Morgan fingerprint density at radius 2 is 1.78 bits per heavy atom. The predicted molar refractivity (Wildman–Crippen MR) is 56.5 cm³/mol. The molecular weight excluding hydrogens is 247 g/mol. The molecule has 0 fully saturated rings. The Balaban J connectivity index is 2.06. The lowest BCUT2D eigenvalue weighted by Gasteiger charge is -1.96. The Morgan fingerprint density at radius 3 is 2.44 bits per heavy atom. The van der Waals surface area contributed by atoms with Gasteiger partial charge in [0.2, 0.25) is 0 Å². The molecule has 8 heteroatoms. The SMILES string of the molecule is FC(F)(F)c1n[nH]c(-c2nc3ccccc3[nH]2)n1. The monoisotopic (exact) mass is 253 g/mol. The third-order valence-electron chi connectivity index (χ3n) is 2.35. The molecule has 2 heterocycles. The summed E-state index contributed by atoms with van der Waals surface area (Å²) in [4.78, 5) is 10.3. The summed E-state index contributed by atoms with van der Waals surface area (Å²) in [6.07, 6.45) is -4.57. The molecule has 1 aromatic carbocycles. The lowest BCUT2D eigenvalue weighted by molar-refractivity contribution is -0.144. The molecule has 92 valence electrons. The molecule has 0 atom stereocenters. The summed E-state index contributed by atoms with van der Waals surface area (Å²) < 4.78 is 37.0. The van der Waals surface area contributed by atoms with Crippen molar-refractivity contribution in [2.45, 2.75) is 6.18 Å². The van der Waals surface area contributed by atoms with Crippen LogP contribution in [0.15, 0.2) is 24.3 Å². The summed E-state index contributed by atoms with van der Waals surface area (Å²) in [6.45, 7) is 0. The molecule has 0 amide bonds. The number of rotatable bonds is 1. The maximum Gasteiger partial charge on any atom is 0.453 e. The molecule has 0 radical (unpaired) electrons. The number of nitrogens with zero attached hydrogens (tertiary/aromatic N) is 3. The lowest BCUT2D eigenvalue weighted by atomic mass is 10.3. The third kappa shape index (κ3) is 1.71. The molecule has 2 aromatic heterocycles. The van der Waals surface area contributed by atoms with Crippen LogP contribution in [-0.4, -0.2) is 25.1 Å². The van der Waals surface area contributed by atoms with Gasteiger partial charge in [0.1, 0.15) is 0 Å². The number of fused-ring (bicyclic) bond motifs is 1. The van der Waals surface area contributed by atoms with Gasteiger partial charge in [-0.05, 0) is 12.1 Å². The van der Waals surface area contributed by atoms with E-state index in [0.717, 1.165) is 5.52 Å². The van der Waals surface area contributed by atoms with E-state index in [1.54, 1.807) is 24.3 Å². The number of benzene rings is 1. The van der Waals surface area contributed by atoms with Gasteiger partial charge in [0, 0.05) is 0 Å². The Labute approximate surface area is 98.1 Å². The van der Waals surface area contributed by atoms with E-state index >= 15 is 0 Å². The standard InChI is InChI=1S/C10H6F3N5/c11-10(12,13)9-16-8(17-18-9)7-14-5-3-1-2-4-6(5)15-7/h1-4H,(H,14,15)(H,16,17,18).